The van der Waals surface area contributed by atoms with Crippen molar-refractivity contribution in [3.63, 3.8) is 0 Å². The molecule has 0 aliphatic rings. The Kier molecular flexibility index (Phi) is 7.84. The molecule has 0 aliphatic carbocycles. The van der Waals surface area contributed by atoms with E-state index in [2.05, 4.69) is 37.9 Å². The SMILES string of the molecule is CCC(CC)CN(CC)C(C)CNCc1ccco1. The monoisotopic (exact) mass is 266 g/mol. The normalized spacial score (nSPS) is 13.4. The van der Waals surface area contributed by atoms with E-state index in [0.717, 1.165) is 31.3 Å². The summed E-state index contributed by atoms with van der Waals surface area (Å²) in [5.74, 6) is 1.84. The van der Waals surface area contributed by atoms with E-state index < -0.39 is 0 Å². The summed E-state index contributed by atoms with van der Waals surface area (Å²) in [6, 6.07) is 4.52. The average molecular weight is 266 g/mol. The Morgan fingerprint density at radius 3 is 2.53 bits per heavy atom. The zero-order valence-corrected chi connectivity index (χ0v) is 13.0. The molecule has 0 saturated heterocycles. The topological polar surface area (TPSA) is 28.4 Å². The summed E-state index contributed by atoms with van der Waals surface area (Å²) in [6.45, 7) is 13.3. The fraction of sp³-hybridized carbons (Fsp3) is 0.750. The van der Waals surface area contributed by atoms with Gasteiger partial charge in [-0.1, -0.05) is 33.6 Å². The van der Waals surface area contributed by atoms with Crippen LogP contribution in [0, 0.1) is 5.92 Å². The van der Waals surface area contributed by atoms with E-state index in [1.54, 1.807) is 6.26 Å². The molecule has 0 aliphatic heterocycles. The first kappa shape index (κ1) is 16.3. The van der Waals surface area contributed by atoms with Crippen LogP contribution in [0.25, 0.3) is 0 Å². The smallest absolute Gasteiger partial charge is 0.117 e. The van der Waals surface area contributed by atoms with Crippen LogP contribution in [0.3, 0.4) is 0 Å². The van der Waals surface area contributed by atoms with E-state index in [0.29, 0.717) is 6.04 Å². The molecule has 1 aromatic rings. The molecule has 1 atom stereocenters. The van der Waals surface area contributed by atoms with Crippen molar-refractivity contribution in [2.45, 2.75) is 53.1 Å². The number of rotatable bonds is 10. The van der Waals surface area contributed by atoms with Crippen molar-refractivity contribution in [1.29, 1.82) is 0 Å². The van der Waals surface area contributed by atoms with Crippen LogP contribution >= 0.6 is 0 Å². The van der Waals surface area contributed by atoms with E-state index in [4.69, 9.17) is 4.42 Å². The molecule has 0 saturated carbocycles. The Morgan fingerprint density at radius 2 is 2.00 bits per heavy atom. The minimum absolute atomic E-state index is 0.570. The second-order valence-corrected chi connectivity index (χ2v) is 5.33. The summed E-state index contributed by atoms with van der Waals surface area (Å²) in [5, 5.41) is 3.48. The zero-order valence-electron chi connectivity index (χ0n) is 13.0. The number of likely N-dealkylation sites (N-methyl/N-ethyl adjacent to an activating group) is 1. The fourth-order valence-corrected chi connectivity index (χ4v) is 2.45. The van der Waals surface area contributed by atoms with Gasteiger partial charge in [0.15, 0.2) is 0 Å². The highest BCUT2D eigenvalue weighted by Gasteiger charge is 2.15. The lowest BCUT2D eigenvalue weighted by atomic mass is 10.0. The van der Waals surface area contributed by atoms with Gasteiger partial charge in [-0.15, -0.1) is 0 Å². The van der Waals surface area contributed by atoms with E-state index in [1.165, 1.54) is 19.4 Å². The first-order valence-electron chi connectivity index (χ1n) is 7.68. The van der Waals surface area contributed by atoms with Gasteiger partial charge in [0.05, 0.1) is 12.8 Å². The molecule has 19 heavy (non-hydrogen) atoms. The first-order chi connectivity index (χ1) is 9.21. The molecule has 3 nitrogen and oxygen atoms in total. The molecule has 110 valence electrons. The van der Waals surface area contributed by atoms with Crippen LogP contribution in [0.5, 0.6) is 0 Å². The van der Waals surface area contributed by atoms with Gasteiger partial charge in [-0.3, -0.25) is 4.90 Å². The van der Waals surface area contributed by atoms with Crippen molar-refractivity contribution >= 4 is 0 Å². The molecule has 1 unspecified atom stereocenters. The van der Waals surface area contributed by atoms with E-state index >= 15 is 0 Å². The standard InChI is InChI=1S/C16H30N2O/c1-5-15(6-2)13-18(7-3)14(4)11-17-12-16-9-8-10-19-16/h8-10,14-15,17H,5-7,11-13H2,1-4H3. The maximum absolute atomic E-state index is 5.33. The van der Waals surface area contributed by atoms with Gasteiger partial charge in [0.1, 0.15) is 5.76 Å². The molecule has 0 spiro atoms. The lowest BCUT2D eigenvalue weighted by Gasteiger charge is -2.31. The van der Waals surface area contributed by atoms with Crippen LogP contribution in [0.2, 0.25) is 0 Å². The summed E-state index contributed by atoms with van der Waals surface area (Å²) >= 11 is 0. The van der Waals surface area contributed by atoms with Crippen molar-refractivity contribution in [3.8, 4) is 0 Å². The van der Waals surface area contributed by atoms with Crippen LogP contribution in [0.1, 0.15) is 46.3 Å². The predicted molar refractivity (Wildman–Crippen MR) is 81.2 cm³/mol. The molecule has 3 heteroatoms. The Morgan fingerprint density at radius 1 is 1.26 bits per heavy atom. The first-order valence-corrected chi connectivity index (χ1v) is 7.68. The van der Waals surface area contributed by atoms with Gasteiger partial charge in [-0.05, 0) is 31.5 Å². The molecule has 0 aromatic carbocycles. The van der Waals surface area contributed by atoms with Crippen molar-refractivity contribution in [2.24, 2.45) is 5.92 Å². The Balaban J connectivity index is 2.30. The third kappa shape index (κ3) is 5.79. The lowest BCUT2D eigenvalue weighted by molar-refractivity contribution is 0.176. The molecule has 0 radical (unpaired) electrons. The number of furan rings is 1. The molecular formula is C16H30N2O. The second-order valence-electron chi connectivity index (χ2n) is 5.33. The maximum atomic E-state index is 5.33. The molecule has 1 N–H and O–H groups in total. The summed E-state index contributed by atoms with van der Waals surface area (Å²) in [5.41, 5.74) is 0. The van der Waals surface area contributed by atoms with Gasteiger partial charge in [0.25, 0.3) is 0 Å². The molecule has 1 aromatic heterocycles. The van der Waals surface area contributed by atoms with Crippen molar-refractivity contribution in [3.05, 3.63) is 24.2 Å². The second kappa shape index (κ2) is 9.16. The van der Waals surface area contributed by atoms with Crippen molar-refractivity contribution in [1.82, 2.24) is 10.2 Å². The van der Waals surface area contributed by atoms with Gasteiger partial charge in [0.2, 0.25) is 0 Å². The van der Waals surface area contributed by atoms with Crippen LogP contribution in [-0.4, -0.2) is 30.6 Å². The van der Waals surface area contributed by atoms with Crippen LogP contribution in [0.15, 0.2) is 22.8 Å². The number of nitrogens with zero attached hydrogens (tertiary/aromatic N) is 1. The minimum atomic E-state index is 0.570. The summed E-state index contributed by atoms with van der Waals surface area (Å²) in [4.78, 5) is 2.58. The van der Waals surface area contributed by atoms with E-state index in [-0.39, 0.29) is 0 Å². The van der Waals surface area contributed by atoms with E-state index in [9.17, 15) is 0 Å². The third-order valence-corrected chi connectivity index (χ3v) is 4.00. The van der Waals surface area contributed by atoms with Gasteiger partial charge in [-0.25, -0.2) is 0 Å². The summed E-state index contributed by atoms with van der Waals surface area (Å²) in [7, 11) is 0. The zero-order chi connectivity index (χ0) is 14.1. The molecule has 0 bridgehead atoms. The quantitative estimate of drug-likeness (QED) is 0.702. The molecular weight excluding hydrogens is 236 g/mol. The highest BCUT2D eigenvalue weighted by atomic mass is 16.3. The molecule has 1 heterocycles. The highest BCUT2D eigenvalue weighted by molar-refractivity contribution is 4.97. The van der Waals surface area contributed by atoms with Gasteiger partial charge < -0.3 is 9.73 Å². The molecule has 0 amide bonds. The largest absolute Gasteiger partial charge is 0.468 e. The minimum Gasteiger partial charge on any atom is -0.468 e. The van der Waals surface area contributed by atoms with Crippen molar-refractivity contribution in [2.75, 3.05) is 19.6 Å². The number of hydrogen-bond acceptors (Lipinski definition) is 3. The number of nitrogens with one attached hydrogen (secondary N) is 1. The predicted octanol–water partition coefficient (Wildman–Crippen LogP) is 3.52. The van der Waals surface area contributed by atoms with Crippen LogP contribution < -0.4 is 5.32 Å². The number of hydrogen-bond donors (Lipinski definition) is 1. The highest BCUT2D eigenvalue weighted by Crippen LogP contribution is 2.12. The molecule has 1 rings (SSSR count). The Bertz CT molecular complexity index is 307. The molecule has 0 fully saturated rings. The van der Waals surface area contributed by atoms with Gasteiger partial charge in [0, 0.05) is 19.1 Å². The average Bonchev–Trinajstić information content (AvgIpc) is 2.93. The van der Waals surface area contributed by atoms with E-state index in [1.807, 2.05) is 12.1 Å². The van der Waals surface area contributed by atoms with Gasteiger partial charge >= 0.3 is 0 Å². The van der Waals surface area contributed by atoms with Crippen LogP contribution in [-0.2, 0) is 6.54 Å². The Hall–Kier alpha value is -0.800. The van der Waals surface area contributed by atoms with Crippen LogP contribution in [0.4, 0.5) is 0 Å². The van der Waals surface area contributed by atoms with Crippen molar-refractivity contribution < 1.29 is 4.42 Å². The summed E-state index contributed by atoms with van der Waals surface area (Å²) in [6.07, 6.45) is 4.28. The fourth-order valence-electron chi connectivity index (χ4n) is 2.45. The third-order valence-electron chi connectivity index (χ3n) is 4.00. The Labute approximate surface area is 118 Å². The maximum Gasteiger partial charge on any atom is 0.117 e. The summed E-state index contributed by atoms with van der Waals surface area (Å²) < 4.78 is 5.33. The lowest BCUT2D eigenvalue weighted by Crippen LogP contribution is -2.42. The van der Waals surface area contributed by atoms with Gasteiger partial charge in [-0.2, -0.15) is 0 Å².